The number of oxazole rings is 1. The fraction of sp³-hybridized carbons (Fsp3) is 0. The van der Waals surface area contributed by atoms with E-state index in [2.05, 4.69) is 4.98 Å². The van der Waals surface area contributed by atoms with Gasteiger partial charge in [0.15, 0.2) is 5.76 Å². The topological polar surface area (TPSA) is 26.0 Å². The van der Waals surface area contributed by atoms with E-state index in [0.717, 1.165) is 0 Å². The summed E-state index contributed by atoms with van der Waals surface area (Å²) < 4.78 is 32.6. The lowest BCUT2D eigenvalue weighted by Crippen LogP contribution is -1.82. The second-order valence-electron chi connectivity index (χ2n) is 3.99. The van der Waals surface area contributed by atoms with E-state index in [-0.39, 0.29) is 17.2 Å². The number of hydrogen-bond donors (Lipinski definition) is 0. The summed E-state index contributed by atoms with van der Waals surface area (Å²) in [4.78, 5) is 3.99. The van der Waals surface area contributed by atoms with Crippen LogP contribution in [0.5, 0.6) is 0 Å². The summed E-state index contributed by atoms with van der Waals surface area (Å²) in [6, 6.07) is 12.4. The molecule has 0 atom stereocenters. The summed E-state index contributed by atoms with van der Waals surface area (Å²) >= 11 is 0. The number of hydrogen-bond acceptors (Lipinski definition) is 2. The highest BCUT2D eigenvalue weighted by Crippen LogP contribution is 2.28. The summed E-state index contributed by atoms with van der Waals surface area (Å²) in [5.74, 6) is -0.420. The molecule has 3 rings (SSSR count). The van der Waals surface area contributed by atoms with Crippen molar-refractivity contribution in [3.05, 3.63) is 66.4 Å². The van der Waals surface area contributed by atoms with Crippen LogP contribution >= 0.6 is 0 Å². The Labute approximate surface area is 108 Å². The van der Waals surface area contributed by atoms with Gasteiger partial charge in [0.2, 0.25) is 5.89 Å². The highest BCUT2D eigenvalue weighted by molar-refractivity contribution is 5.61. The van der Waals surface area contributed by atoms with Gasteiger partial charge in [-0.1, -0.05) is 24.3 Å². The molecule has 1 heterocycles. The predicted octanol–water partition coefficient (Wildman–Crippen LogP) is 4.29. The molecule has 0 amide bonds. The summed E-state index contributed by atoms with van der Waals surface area (Å²) in [5.41, 5.74) is 0.558. The molecule has 0 N–H and O–H groups in total. The maximum atomic E-state index is 13.6. The molecule has 2 nitrogen and oxygen atoms in total. The van der Waals surface area contributed by atoms with Crippen LogP contribution in [0.2, 0.25) is 0 Å². The van der Waals surface area contributed by atoms with Crippen LogP contribution in [-0.2, 0) is 0 Å². The lowest BCUT2D eigenvalue weighted by atomic mass is 10.2. The average Bonchev–Trinajstić information content (AvgIpc) is 2.89. The molecular weight excluding hydrogens is 248 g/mol. The Morgan fingerprint density at radius 1 is 0.789 bits per heavy atom. The minimum Gasteiger partial charge on any atom is -0.436 e. The fourth-order valence-corrected chi connectivity index (χ4v) is 1.82. The van der Waals surface area contributed by atoms with Crippen molar-refractivity contribution in [3.63, 3.8) is 0 Å². The molecule has 0 radical (unpaired) electrons. The van der Waals surface area contributed by atoms with Crippen molar-refractivity contribution < 1.29 is 13.2 Å². The van der Waals surface area contributed by atoms with E-state index in [9.17, 15) is 8.78 Å². The molecule has 3 aromatic rings. The van der Waals surface area contributed by atoms with Crippen LogP contribution in [0, 0.1) is 11.6 Å². The third-order valence-electron chi connectivity index (χ3n) is 2.75. The van der Waals surface area contributed by atoms with Gasteiger partial charge in [-0.3, -0.25) is 0 Å². The van der Waals surface area contributed by atoms with Crippen LogP contribution < -0.4 is 0 Å². The Hall–Kier alpha value is -2.49. The van der Waals surface area contributed by atoms with E-state index in [4.69, 9.17) is 4.42 Å². The van der Waals surface area contributed by atoms with Crippen molar-refractivity contribution in [2.75, 3.05) is 0 Å². The van der Waals surface area contributed by atoms with Gasteiger partial charge in [0, 0.05) is 0 Å². The molecule has 94 valence electrons. The number of nitrogens with zero attached hydrogens (tertiary/aromatic N) is 1. The molecule has 0 unspecified atom stereocenters. The third kappa shape index (κ3) is 2.12. The van der Waals surface area contributed by atoms with Gasteiger partial charge in [0.25, 0.3) is 0 Å². The first-order valence-corrected chi connectivity index (χ1v) is 5.71. The van der Waals surface area contributed by atoms with Gasteiger partial charge in [-0.2, -0.15) is 0 Å². The predicted molar refractivity (Wildman–Crippen MR) is 67.3 cm³/mol. The first-order chi connectivity index (χ1) is 9.25. The second-order valence-corrected chi connectivity index (χ2v) is 3.99. The van der Waals surface area contributed by atoms with E-state index in [1.807, 2.05) is 0 Å². The first kappa shape index (κ1) is 11.6. The molecule has 1 aromatic heterocycles. The maximum absolute atomic E-state index is 13.6. The monoisotopic (exact) mass is 257 g/mol. The maximum Gasteiger partial charge on any atom is 0.229 e. The molecule has 19 heavy (non-hydrogen) atoms. The highest BCUT2D eigenvalue weighted by atomic mass is 19.1. The summed E-state index contributed by atoms with van der Waals surface area (Å²) in [6.45, 7) is 0. The molecule has 0 aliphatic carbocycles. The van der Waals surface area contributed by atoms with Crippen LogP contribution in [-0.4, -0.2) is 4.98 Å². The number of benzene rings is 2. The van der Waals surface area contributed by atoms with E-state index in [1.54, 1.807) is 36.4 Å². The smallest absolute Gasteiger partial charge is 0.229 e. The Kier molecular flexibility index (Phi) is 2.83. The second kappa shape index (κ2) is 4.65. The standard InChI is InChI=1S/C15H9F2NO/c16-12-7-3-1-5-10(12)14-9-18-15(19-14)11-6-2-4-8-13(11)17/h1-9H. The molecule has 0 spiro atoms. The molecule has 2 aromatic carbocycles. The van der Waals surface area contributed by atoms with Gasteiger partial charge >= 0.3 is 0 Å². The van der Waals surface area contributed by atoms with Crippen molar-refractivity contribution in [2.45, 2.75) is 0 Å². The van der Waals surface area contributed by atoms with Gasteiger partial charge < -0.3 is 4.42 Å². The fourth-order valence-electron chi connectivity index (χ4n) is 1.82. The zero-order chi connectivity index (χ0) is 13.2. The van der Waals surface area contributed by atoms with E-state index in [0.29, 0.717) is 5.56 Å². The molecule has 0 aliphatic heterocycles. The van der Waals surface area contributed by atoms with Crippen LogP contribution in [0.3, 0.4) is 0 Å². The zero-order valence-corrected chi connectivity index (χ0v) is 9.81. The van der Waals surface area contributed by atoms with Crippen molar-refractivity contribution >= 4 is 0 Å². The van der Waals surface area contributed by atoms with Crippen LogP contribution in [0.15, 0.2) is 59.1 Å². The van der Waals surface area contributed by atoms with Crippen LogP contribution in [0.4, 0.5) is 8.78 Å². The molecule has 0 saturated heterocycles. The Morgan fingerprint density at radius 2 is 1.37 bits per heavy atom. The van der Waals surface area contributed by atoms with Gasteiger partial charge in [-0.05, 0) is 24.3 Å². The van der Waals surface area contributed by atoms with E-state index >= 15 is 0 Å². The molecule has 0 bridgehead atoms. The number of halogens is 2. The van der Waals surface area contributed by atoms with Crippen molar-refractivity contribution in [1.82, 2.24) is 4.98 Å². The Bertz CT molecular complexity index is 661. The van der Waals surface area contributed by atoms with Crippen molar-refractivity contribution in [1.29, 1.82) is 0 Å². The Morgan fingerprint density at radius 3 is 2.00 bits per heavy atom. The number of rotatable bonds is 2. The largest absolute Gasteiger partial charge is 0.436 e. The first-order valence-electron chi connectivity index (χ1n) is 5.71. The SMILES string of the molecule is Fc1ccccc1-c1cnc(-c2ccccc2F)o1. The lowest BCUT2D eigenvalue weighted by Gasteiger charge is -1.99. The van der Waals surface area contributed by atoms with Gasteiger partial charge in [0.1, 0.15) is 11.6 Å². The van der Waals surface area contributed by atoms with E-state index < -0.39 is 11.6 Å². The Balaban J connectivity index is 2.06. The molecule has 0 saturated carbocycles. The van der Waals surface area contributed by atoms with Gasteiger partial charge in [-0.15, -0.1) is 0 Å². The molecule has 4 heteroatoms. The van der Waals surface area contributed by atoms with Gasteiger partial charge in [-0.25, -0.2) is 13.8 Å². The summed E-state index contributed by atoms with van der Waals surface area (Å²) in [5, 5.41) is 0. The van der Waals surface area contributed by atoms with Crippen molar-refractivity contribution in [2.24, 2.45) is 0 Å². The summed E-state index contributed by atoms with van der Waals surface area (Å²) in [7, 11) is 0. The minimum atomic E-state index is -0.426. The highest BCUT2D eigenvalue weighted by Gasteiger charge is 2.13. The minimum absolute atomic E-state index is 0.136. The molecular formula is C15H9F2NO. The van der Waals surface area contributed by atoms with Crippen LogP contribution in [0.1, 0.15) is 0 Å². The van der Waals surface area contributed by atoms with E-state index in [1.165, 1.54) is 18.3 Å². The third-order valence-corrected chi connectivity index (χ3v) is 2.75. The average molecular weight is 257 g/mol. The quantitative estimate of drug-likeness (QED) is 0.684. The normalized spacial score (nSPS) is 10.6. The molecule has 0 aliphatic rings. The summed E-state index contributed by atoms with van der Waals surface area (Å²) in [6.07, 6.45) is 1.39. The van der Waals surface area contributed by atoms with Gasteiger partial charge in [0.05, 0.1) is 17.3 Å². The lowest BCUT2D eigenvalue weighted by molar-refractivity contribution is 0.564. The van der Waals surface area contributed by atoms with Crippen molar-refractivity contribution in [3.8, 4) is 22.8 Å². The molecule has 0 fully saturated rings. The number of aromatic nitrogens is 1. The zero-order valence-electron chi connectivity index (χ0n) is 9.81. The van der Waals surface area contributed by atoms with Crippen LogP contribution in [0.25, 0.3) is 22.8 Å².